The van der Waals surface area contributed by atoms with Crippen LogP contribution in [0.4, 0.5) is 0 Å². The van der Waals surface area contributed by atoms with Crippen molar-refractivity contribution in [3.05, 3.63) is 0 Å². The molecule has 0 saturated heterocycles. The molecule has 0 aromatic heterocycles. The Hall–Kier alpha value is -0.120. The molecule has 0 radical (unpaired) electrons. The van der Waals surface area contributed by atoms with Crippen LogP contribution >= 0.6 is 0 Å². The Balaban J connectivity index is 3.64. The van der Waals surface area contributed by atoms with Gasteiger partial charge in [-0.2, -0.15) is 0 Å². The first-order chi connectivity index (χ1) is 6.74. The van der Waals surface area contributed by atoms with Crippen molar-refractivity contribution in [2.45, 2.75) is 45.8 Å². The van der Waals surface area contributed by atoms with Crippen LogP contribution in [0.1, 0.15) is 33.6 Å². The summed E-state index contributed by atoms with van der Waals surface area (Å²) < 4.78 is 11.2. The second kappa shape index (κ2) is 9.44. The minimum atomic E-state index is 0.194. The molecule has 0 spiro atoms. The van der Waals surface area contributed by atoms with Crippen LogP contribution < -0.4 is 5.32 Å². The topological polar surface area (TPSA) is 30.5 Å². The molecule has 86 valence electrons. The number of ether oxygens (including phenoxy) is 2. The first-order valence-corrected chi connectivity index (χ1v) is 5.62. The monoisotopic (exact) mass is 203 g/mol. The smallest absolute Gasteiger partial charge is 0.0784 e. The summed E-state index contributed by atoms with van der Waals surface area (Å²) in [5.74, 6) is 0. The fraction of sp³-hybridized carbons (Fsp3) is 1.00. The maximum Gasteiger partial charge on any atom is 0.0784 e. The molecule has 2 unspecified atom stereocenters. The molecule has 0 aliphatic rings. The van der Waals surface area contributed by atoms with Crippen LogP contribution in [-0.4, -0.2) is 39.0 Å². The molecule has 0 aliphatic carbocycles. The Kier molecular flexibility index (Phi) is 9.35. The molecule has 0 bridgehead atoms. The Bertz CT molecular complexity index is 114. The highest BCUT2D eigenvalue weighted by Crippen LogP contribution is 2.05. The lowest BCUT2D eigenvalue weighted by molar-refractivity contribution is -0.0477. The van der Waals surface area contributed by atoms with Crippen molar-refractivity contribution in [1.29, 1.82) is 0 Å². The molecule has 3 nitrogen and oxygen atoms in total. The third kappa shape index (κ3) is 7.30. The van der Waals surface area contributed by atoms with Crippen molar-refractivity contribution in [3.8, 4) is 0 Å². The van der Waals surface area contributed by atoms with Crippen molar-refractivity contribution in [2.24, 2.45) is 0 Å². The van der Waals surface area contributed by atoms with Crippen LogP contribution in [-0.2, 0) is 9.47 Å². The molecule has 14 heavy (non-hydrogen) atoms. The van der Waals surface area contributed by atoms with Gasteiger partial charge in [0.05, 0.1) is 18.8 Å². The van der Waals surface area contributed by atoms with Crippen molar-refractivity contribution in [3.63, 3.8) is 0 Å². The second-order valence-corrected chi connectivity index (χ2v) is 3.57. The highest BCUT2D eigenvalue weighted by molar-refractivity contribution is 4.62. The Morgan fingerprint density at radius 2 is 2.00 bits per heavy atom. The van der Waals surface area contributed by atoms with E-state index in [9.17, 15) is 0 Å². The number of likely N-dealkylation sites (N-methyl/N-ethyl adjacent to an activating group) is 1. The Labute approximate surface area is 88.2 Å². The van der Waals surface area contributed by atoms with E-state index in [2.05, 4.69) is 19.2 Å². The van der Waals surface area contributed by atoms with Crippen LogP contribution in [0.3, 0.4) is 0 Å². The molecule has 0 rings (SSSR count). The number of hydrogen-bond donors (Lipinski definition) is 1. The minimum Gasteiger partial charge on any atom is -0.379 e. The molecule has 2 atom stereocenters. The maximum absolute atomic E-state index is 5.85. The van der Waals surface area contributed by atoms with E-state index in [-0.39, 0.29) is 6.10 Å². The van der Waals surface area contributed by atoms with E-state index in [1.54, 1.807) is 0 Å². The first-order valence-electron chi connectivity index (χ1n) is 5.62. The summed E-state index contributed by atoms with van der Waals surface area (Å²) in [5.41, 5.74) is 0. The van der Waals surface area contributed by atoms with E-state index < -0.39 is 0 Å². The van der Waals surface area contributed by atoms with E-state index in [1.807, 2.05) is 14.0 Å². The van der Waals surface area contributed by atoms with E-state index >= 15 is 0 Å². The molecular weight excluding hydrogens is 178 g/mol. The lowest BCUT2D eigenvalue weighted by atomic mass is 10.2. The van der Waals surface area contributed by atoms with Gasteiger partial charge in [-0.1, -0.05) is 13.3 Å². The van der Waals surface area contributed by atoms with E-state index in [0.29, 0.717) is 12.7 Å². The Morgan fingerprint density at radius 3 is 2.50 bits per heavy atom. The van der Waals surface area contributed by atoms with Crippen LogP contribution in [0.15, 0.2) is 0 Å². The summed E-state index contributed by atoms with van der Waals surface area (Å²) in [6.45, 7) is 8.62. The summed E-state index contributed by atoms with van der Waals surface area (Å²) in [7, 11) is 1.96. The molecule has 0 saturated carbocycles. The predicted octanol–water partition coefficient (Wildman–Crippen LogP) is 1.82. The fourth-order valence-corrected chi connectivity index (χ4v) is 1.42. The first kappa shape index (κ1) is 13.9. The normalized spacial score (nSPS) is 15.4. The quantitative estimate of drug-likeness (QED) is 0.620. The van der Waals surface area contributed by atoms with Gasteiger partial charge in [0.25, 0.3) is 0 Å². The van der Waals surface area contributed by atoms with Crippen LogP contribution in [0, 0.1) is 0 Å². The highest BCUT2D eigenvalue weighted by Gasteiger charge is 2.11. The zero-order valence-corrected chi connectivity index (χ0v) is 10.0. The largest absolute Gasteiger partial charge is 0.379 e. The van der Waals surface area contributed by atoms with Gasteiger partial charge in [-0.15, -0.1) is 0 Å². The Morgan fingerprint density at radius 1 is 1.29 bits per heavy atom. The summed E-state index contributed by atoms with van der Waals surface area (Å²) >= 11 is 0. The van der Waals surface area contributed by atoms with E-state index in [4.69, 9.17) is 9.47 Å². The van der Waals surface area contributed by atoms with Gasteiger partial charge in [0, 0.05) is 13.2 Å². The van der Waals surface area contributed by atoms with Crippen LogP contribution in [0.5, 0.6) is 0 Å². The summed E-state index contributed by atoms with van der Waals surface area (Å²) in [4.78, 5) is 0. The highest BCUT2D eigenvalue weighted by atomic mass is 16.5. The average Bonchev–Trinajstić information content (AvgIpc) is 2.15. The van der Waals surface area contributed by atoms with Gasteiger partial charge < -0.3 is 14.8 Å². The van der Waals surface area contributed by atoms with Gasteiger partial charge >= 0.3 is 0 Å². The van der Waals surface area contributed by atoms with Gasteiger partial charge in [-0.05, 0) is 27.3 Å². The fourth-order valence-electron chi connectivity index (χ4n) is 1.42. The van der Waals surface area contributed by atoms with Crippen LogP contribution in [0.2, 0.25) is 0 Å². The third-order valence-corrected chi connectivity index (χ3v) is 2.02. The number of rotatable bonds is 9. The molecule has 0 amide bonds. The van der Waals surface area contributed by atoms with E-state index in [1.165, 1.54) is 0 Å². The molecule has 0 aromatic carbocycles. The van der Waals surface area contributed by atoms with Gasteiger partial charge in [-0.25, -0.2) is 0 Å². The van der Waals surface area contributed by atoms with Crippen molar-refractivity contribution >= 4 is 0 Å². The SMILES string of the molecule is CCCC(CNC)OC(C)COCC. The zero-order valence-electron chi connectivity index (χ0n) is 10.0. The lowest BCUT2D eigenvalue weighted by Gasteiger charge is -2.21. The van der Waals surface area contributed by atoms with Gasteiger partial charge in [0.2, 0.25) is 0 Å². The summed E-state index contributed by atoms with van der Waals surface area (Å²) in [5, 5.41) is 3.15. The maximum atomic E-state index is 5.85. The summed E-state index contributed by atoms with van der Waals surface area (Å²) in [6.07, 6.45) is 2.78. The molecule has 0 aromatic rings. The zero-order chi connectivity index (χ0) is 10.8. The molecular formula is C11H25NO2. The summed E-state index contributed by atoms with van der Waals surface area (Å²) in [6, 6.07) is 0. The lowest BCUT2D eigenvalue weighted by Crippen LogP contribution is -2.31. The van der Waals surface area contributed by atoms with Crippen molar-refractivity contribution in [1.82, 2.24) is 5.32 Å². The minimum absolute atomic E-state index is 0.194. The standard InChI is InChI=1S/C11H25NO2/c1-5-7-11(8-12-4)14-10(3)9-13-6-2/h10-12H,5-9H2,1-4H3. The second-order valence-electron chi connectivity index (χ2n) is 3.57. The average molecular weight is 203 g/mol. The molecule has 1 N–H and O–H groups in total. The third-order valence-electron chi connectivity index (χ3n) is 2.02. The van der Waals surface area contributed by atoms with Gasteiger partial charge in [0.1, 0.15) is 0 Å². The predicted molar refractivity (Wildman–Crippen MR) is 59.7 cm³/mol. The van der Waals surface area contributed by atoms with Crippen molar-refractivity contribution in [2.75, 3.05) is 26.8 Å². The van der Waals surface area contributed by atoms with Crippen LogP contribution in [0.25, 0.3) is 0 Å². The van der Waals surface area contributed by atoms with Gasteiger partial charge in [-0.3, -0.25) is 0 Å². The number of hydrogen-bond acceptors (Lipinski definition) is 3. The van der Waals surface area contributed by atoms with Crippen molar-refractivity contribution < 1.29 is 9.47 Å². The molecule has 0 aliphatic heterocycles. The molecule has 3 heteroatoms. The van der Waals surface area contributed by atoms with E-state index in [0.717, 1.165) is 26.0 Å². The number of nitrogens with one attached hydrogen (secondary N) is 1. The molecule has 0 heterocycles. The van der Waals surface area contributed by atoms with Gasteiger partial charge in [0.15, 0.2) is 0 Å². The molecule has 0 fully saturated rings.